The lowest BCUT2D eigenvalue weighted by molar-refractivity contribution is -0.130. The van der Waals surface area contributed by atoms with E-state index in [4.69, 9.17) is 4.74 Å². The third-order valence-corrected chi connectivity index (χ3v) is 5.32. The van der Waals surface area contributed by atoms with Crippen LogP contribution < -0.4 is 15.4 Å². The van der Waals surface area contributed by atoms with Crippen molar-refractivity contribution in [2.24, 2.45) is 4.99 Å². The van der Waals surface area contributed by atoms with Crippen molar-refractivity contribution in [3.05, 3.63) is 102 Å². The summed E-state index contributed by atoms with van der Waals surface area (Å²) in [6.07, 6.45) is 0. The maximum atomic E-state index is 11.8. The van der Waals surface area contributed by atoms with Gasteiger partial charge in [-0.1, -0.05) is 72.8 Å². The summed E-state index contributed by atoms with van der Waals surface area (Å²) in [6.45, 7) is 1.32. The van der Waals surface area contributed by atoms with E-state index in [2.05, 4.69) is 64.2 Å². The maximum absolute atomic E-state index is 11.8. The molecule has 0 bridgehead atoms. The molecule has 180 valence electrons. The molecule has 0 radical (unpaired) electrons. The van der Waals surface area contributed by atoms with Crippen molar-refractivity contribution in [1.82, 2.24) is 15.5 Å². The Kier molecular flexibility index (Phi) is 11.4. The summed E-state index contributed by atoms with van der Waals surface area (Å²) in [4.78, 5) is 17.6. The van der Waals surface area contributed by atoms with Gasteiger partial charge in [0, 0.05) is 40.2 Å². The standard InChI is InChI=1S/C27H32N4O2.HI/c1-28-27(29-18-21-11-10-16-24(17-21)33-20-26(32)31(2)3)30-19-25(22-12-6-4-7-13-22)23-14-8-5-9-15-23;/h4-17,25H,18-20H2,1-3H3,(H2,28,29,30);1H. The molecule has 34 heavy (non-hydrogen) atoms. The average Bonchev–Trinajstić information content (AvgIpc) is 2.86. The van der Waals surface area contributed by atoms with E-state index < -0.39 is 0 Å². The zero-order valence-corrected chi connectivity index (χ0v) is 22.2. The number of nitrogens with one attached hydrogen (secondary N) is 2. The number of halogens is 1. The number of rotatable bonds is 9. The monoisotopic (exact) mass is 572 g/mol. The molecule has 0 aliphatic carbocycles. The van der Waals surface area contributed by atoms with Gasteiger partial charge in [-0.15, -0.1) is 24.0 Å². The molecule has 0 aliphatic rings. The Morgan fingerprint density at radius 3 is 2.09 bits per heavy atom. The second kappa shape index (κ2) is 14.2. The number of hydrogen-bond donors (Lipinski definition) is 2. The lowest BCUT2D eigenvalue weighted by atomic mass is 9.91. The van der Waals surface area contributed by atoms with Crippen LogP contribution in [0.15, 0.2) is 89.9 Å². The fourth-order valence-electron chi connectivity index (χ4n) is 3.42. The fourth-order valence-corrected chi connectivity index (χ4v) is 3.42. The van der Waals surface area contributed by atoms with Crippen LogP contribution in [0, 0.1) is 0 Å². The van der Waals surface area contributed by atoms with Crippen molar-refractivity contribution in [1.29, 1.82) is 0 Å². The number of amides is 1. The number of nitrogens with zero attached hydrogens (tertiary/aromatic N) is 2. The first-order chi connectivity index (χ1) is 16.1. The van der Waals surface area contributed by atoms with Crippen molar-refractivity contribution < 1.29 is 9.53 Å². The van der Waals surface area contributed by atoms with Gasteiger partial charge < -0.3 is 20.3 Å². The smallest absolute Gasteiger partial charge is 0.259 e. The van der Waals surface area contributed by atoms with Crippen molar-refractivity contribution in [2.45, 2.75) is 12.5 Å². The van der Waals surface area contributed by atoms with E-state index in [-0.39, 0.29) is 42.4 Å². The number of ether oxygens (including phenoxy) is 1. The number of benzene rings is 3. The lowest BCUT2D eigenvalue weighted by Gasteiger charge is -2.20. The predicted octanol–water partition coefficient (Wildman–Crippen LogP) is 4.27. The van der Waals surface area contributed by atoms with E-state index in [1.54, 1.807) is 21.1 Å². The average molecular weight is 572 g/mol. The zero-order chi connectivity index (χ0) is 23.5. The minimum Gasteiger partial charge on any atom is -0.484 e. The molecule has 6 nitrogen and oxygen atoms in total. The van der Waals surface area contributed by atoms with Crippen LogP contribution in [0.3, 0.4) is 0 Å². The first kappa shape index (κ1) is 27.2. The molecule has 0 saturated heterocycles. The van der Waals surface area contributed by atoms with Crippen LogP contribution in [0.4, 0.5) is 0 Å². The van der Waals surface area contributed by atoms with Gasteiger partial charge in [-0.2, -0.15) is 0 Å². The molecule has 0 aromatic heterocycles. The van der Waals surface area contributed by atoms with E-state index in [0.717, 1.165) is 11.5 Å². The molecule has 0 aliphatic heterocycles. The molecule has 0 atom stereocenters. The Morgan fingerprint density at radius 1 is 0.912 bits per heavy atom. The summed E-state index contributed by atoms with van der Waals surface area (Å²) in [5.41, 5.74) is 3.54. The Labute approximate surface area is 219 Å². The molecule has 0 spiro atoms. The number of hydrogen-bond acceptors (Lipinski definition) is 3. The summed E-state index contributed by atoms with van der Waals surface area (Å²) >= 11 is 0. The maximum Gasteiger partial charge on any atom is 0.259 e. The molecule has 0 heterocycles. The number of guanidine groups is 1. The van der Waals surface area contributed by atoms with E-state index >= 15 is 0 Å². The Morgan fingerprint density at radius 2 is 1.53 bits per heavy atom. The topological polar surface area (TPSA) is 66.0 Å². The van der Waals surface area contributed by atoms with Gasteiger partial charge in [0.25, 0.3) is 5.91 Å². The normalized spacial score (nSPS) is 10.9. The van der Waals surface area contributed by atoms with Gasteiger partial charge in [-0.3, -0.25) is 9.79 Å². The van der Waals surface area contributed by atoms with Crippen LogP contribution in [-0.2, 0) is 11.3 Å². The summed E-state index contributed by atoms with van der Waals surface area (Å²) in [6, 6.07) is 28.7. The first-order valence-electron chi connectivity index (χ1n) is 11.0. The summed E-state index contributed by atoms with van der Waals surface area (Å²) < 4.78 is 5.61. The van der Waals surface area contributed by atoms with E-state index in [1.807, 2.05) is 36.4 Å². The van der Waals surface area contributed by atoms with E-state index in [1.165, 1.54) is 16.0 Å². The Balaban J connectivity index is 0.00000408. The fraction of sp³-hybridized carbons (Fsp3) is 0.259. The van der Waals surface area contributed by atoms with Gasteiger partial charge in [0.05, 0.1) is 0 Å². The van der Waals surface area contributed by atoms with Crippen LogP contribution in [-0.4, -0.2) is 51.1 Å². The SMILES string of the molecule is CN=C(NCc1cccc(OCC(=O)N(C)C)c1)NCC(c1ccccc1)c1ccccc1.I. The molecule has 3 aromatic carbocycles. The van der Waals surface area contributed by atoms with Crippen LogP contribution in [0.2, 0.25) is 0 Å². The summed E-state index contributed by atoms with van der Waals surface area (Å²) in [5, 5.41) is 6.82. The van der Waals surface area contributed by atoms with Crippen LogP contribution >= 0.6 is 24.0 Å². The molecule has 0 unspecified atom stereocenters. The van der Waals surface area contributed by atoms with Crippen LogP contribution in [0.25, 0.3) is 0 Å². The molecule has 1 amide bonds. The molecule has 0 fully saturated rings. The van der Waals surface area contributed by atoms with Crippen LogP contribution in [0.1, 0.15) is 22.6 Å². The second-order valence-electron chi connectivity index (χ2n) is 7.90. The largest absolute Gasteiger partial charge is 0.484 e. The van der Waals surface area contributed by atoms with Gasteiger partial charge in [0.15, 0.2) is 12.6 Å². The highest BCUT2D eigenvalue weighted by atomic mass is 127. The number of aliphatic imine (C=N–C) groups is 1. The highest BCUT2D eigenvalue weighted by Gasteiger charge is 2.14. The van der Waals surface area contributed by atoms with Gasteiger partial charge in [0.2, 0.25) is 0 Å². The molecule has 3 rings (SSSR count). The van der Waals surface area contributed by atoms with E-state index in [9.17, 15) is 4.79 Å². The minimum absolute atomic E-state index is 0. The summed E-state index contributed by atoms with van der Waals surface area (Å²) in [7, 11) is 5.19. The van der Waals surface area contributed by atoms with Crippen molar-refractivity contribution in [3.8, 4) is 5.75 Å². The quantitative estimate of drug-likeness (QED) is 0.229. The van der Waals surface area contributed by atoms with Crippen molar-refractivity contribution >= 4 is 35.8 Å². The number of likely N-dealkylation sites (N-methyl/N-ethyl adjacent to an activating group) is 1. The third-order valence-electron chi connectivity index (χ3n) is 5.32. The number of carbonyl (C=O) groups is 1. The van der Waals surface area contributed by atoms with Crippen molar-refractivity contribution in [3.63, 3.8) is 0 Å². The molecular formula is C27H33IN4O2. The molecular weight excluding hydrogens is 539 g/mol. The molecule has 0 saturated carbocycles. The highest BCUT2D eigenvalue weighted by Crippen LogP contribution is 2.23. The minimum atomic E-state index is -0.0745. The lowest BCUT2D eigenvalue weighted by Crippen LogP contribution is -2.39. The van der Waals surface area contributed by atoms with Gasteiger partial charge in [-0.05, 0) is 28.8 Å². The van der Waals surface area contributed by atoms with Gasteiger partial charge >= 0.3 is 0 Å². The van der Waals surface area contributed by atoms with Crippen molar-refractivity contribution in [2.75, 3.05) is 34.3 Å². The molecule has 3 aromatic rings. The van der Waals surface area contributed by atoms with Gasteiger partial charge in [0.1, 0.15) is 5.75 Å². The third kappa shape index (κ3) is 8.37. The summed E-state index contributed by atoms with van der Waals surface area (Å²) in [5.74, 6) is 1.52. The molecule has 2 N–H and O–H groups in total. The van der Waals surface area contributed by atoms with Gasteiger partial charge in [-0.25, -0.2) is 0 Å². The second-order valence-corrected chi connectivity index (χ2v) is 7.90. The van der Waals surface area contributed by atoms with E-state index in [0.29, 0.717) is 18.8 Å². The molecule has 7 heteroatoms. The zero-order valence-electron chi connectivity index (χ0n) is 19.9. The van der Waals surface area contributed by atoms with Crippen LogP contribution in [0.5, 0.6) is 5.75 Å². The Hall–Kier alpha value is -3.07. The number of carbonyl (C=O) groups excluding carboxylic acids is 1. The first-order valence-corrected chi connectivity index (χ1v) is 11.0. The highest BCUT2D eigenvalue weighted by molar-refractivity contribution is 14.0. The Bertz CT molecular complexity index is 1000. The predicted molar refractivity (Wildman–Crippen MR) is 149 cm³/mol.